The summed E-state index contributed by atoms with van der Waals surface area (Å²) < 4.78 is 51.2. The number of rotatable bonds is 6. The molecule has 0 unspecified atom stereocenters. The molecule has 7 rings (SSSR count). The van der Waals surface area contributed by atoms with E-state index in [9.17, 15) is 9.59 Å². The van der Waals surface area contributed by atoms with E-state index in [2.05, 4.69) is 15.0 Å². The Morgan fingerprint density at radius 1 is 1.06 bits per heavy atom. The second-order valence-corrected chi connectivity index (χ2v) is 12.3. The lowest BCUT2D eigenvalue weighted by molar-refractivity contribution is 0.0850. The van der Waals surface area contributed by atoms with Crippen molar-refractivity contribution in [2.24, 2.45) is 0 Å². The van der Waals surface area contributed by atoms with E-state index in [4.69, 9.17) is 14.2 Å². The van der Waals surface area contributed by atoms with Crippen LogP contribution in [-0.2, 0) is 11.3 Å². The molecule has 2 aromatic carbocycles. The summed E-state index contributed by atoms with van der Waals surface area (Å²) in [5.41, 5.74) is 0.902. The van der Waals surface area contributed by atoms with Crippen LogP contribution in [0.25, 0.3) is 27.8 Å². The number of ether oxygens (including phenoxy) is 3. The molecule has 0 radical (unpaired) electrons. The predicted molar refractivity (Wildman–Crippen MR) is 178 cm³/mol. The van der Waals surface area contributed by atoms with Gasteiger partial charge in [0.1, 0.15) is 47.2 Å². The number of anilines is 1. The van der Waals surface area contributed by atoms with Gasteiger partial charge in [0.15, 0.2) is 5.82 Å². The summed E-state index contributed by atoms with van der Waals surface area (Å²) in [6.07, 6.45) is 1.14. The molecule has 5 heterocycles. The molecular weight excluding hydrogens is 634 g/mol. The molecule has 3 aromatic heterocycles. The zero-order valence-corrected chi connectivity index (χ0v) is 27.4. The highest BCUT2D eigenvalue weighted by Crippen LogP contribution is 2.43. The molecular formula is C36H34F2N6O5. The van der Waals surface area contributed by atoms with Gasteiger partial charge < -0.3 is 24.0 Å². The van der Waals surface area contributed by atoms with Crippen LogP contribution in [0.2, 0.25) is 0 Å². The second kappa shape index (κ2) is 12.8. The molecule has 1 atom stereocenters. The molecule has 1 amide bonds. The minimum absolute atomic E-state index is 0.0117. The van der Waals surface area contributed by atoms with Crippen LogP contribution < -0.4 is 20.1 Å². The van der Waals surface area contributed by atoms with Gasteiger partial charge in [-0.3, -0.25) is 9.55 Å². The number of amides is 1. The first-order valence-electron chi connectivity index (χ1n) is 16.0. The normalized spacial score (nSPS) is 15.5. The summed E-state index contributed by atoms with van der Waals surface area (Å²) in [6.45, 7) is 6.47. The monoisotopic (exact) mass is 668 g/mol. The van der Waals surface area contributed by atoms with Crippen LogP contribution in [0, 0.1) is 18.6 Å². The molecule has 0 N–H and O–H groups in total. The van der Waals surface area contributed by atoms with Gasteiger partial charge in [0, 0.05) is 25.8 Å². The van der Waals surface area contributed by atoms with Gasteiger partial charge in [-0.05, 0) is 42.2 Å². The molecule has 0 bridgehead atoms. The molecule has 2 aliphatic heterocycles. The van der Waals surface area contributed by atoms with E-state index in [-0.39, 0.29) is 78.4 Å². The van der Waals surface area contributed by atoms with Gasteiger partial charge in [-0.25, -0.2) is 23.4 Å². The van der Waals surface area contributed by atoms with Gasteiger partial charge in [0.2, 0.25) is 5.88 Å². The standard InChI is InChI=1S/C36H34F2N6O5/c1-20(2)29-31(21(3)13-14-39-29)44-32-27-33(41-35(44)45)43-16-15-42(36(46)49-18-22-9-6-5-7-10-22)17-23(43)19-48-34(27)40-30(28(32)38)26-24(37)11-8-12-25(26)47-4/h5-14,20,23H,15-19H2,1-4H3/t23-/m0/s1. The van der Waals surface area contributed by atoms with Crippen molar-refractivity contribution in [3.05, 3.63) is 99.7 Å². The van der Waals surface area contributed by atoms with E-state index >= 15 is 8.78 Å². The molecule has 49 heavy (non-hydrogen) atoms. The van der Waals surface area contributed by atoms with Crippen LogP contribution in [0.4, 0.5) is 19.4 Å². The quantitative estimate of drug-likeness (QED) is 0.222. The Bertz CT molecular complexity index is 2140. The molecule has 13 heteroatoms. The molecule has 0 spiro atoms. The number of benzene rings is 2. The second-order valence-electron chi connectivity index (χ2n) is 12.3. The third-order valence-electron chi connectivity index (χ3n) is 8.91. The van der Waals surface area contributed by atoms with Crippen molar-refractivity contribution < 1.29 is 27.8 Å². The topological polar surface area (TPSA) is 112 Å². The lowest BCUT2D eigenvalue weighted by Crippen LogP contribution is -2.57. The van der Waals surface area contributed by atoms with E-state index < -0.39 is 29.5 Å². The summed E-state index contributed by atoms with van der Waals surface area (Å²) >= 11 is 0. The SMILES string of the molecule is COc1cccc(F)c1-c1nc2c3c(nc(=O)n(-c4c(C)ccnc4C(C)C)c3c1F)N1CCN(C(=O)OCc3ccccc3)C[C@H]1CO2. The molecule has 0 saturated carbocycles. The molecule has 0 aliphatic carbocycles. The number of pyridine rings is 2. The number of carbonyl (C=O) groups excluding carboxylic acids is 1. The fraction of sp³-hybridized carbons (Fsp3) is 0.306. The number of hydrogen-bond donors (Lipinski definition) is 0. The smallest absolute Gasteiger partial charge is 0.410 e. The van der Waals surface area contributed by atoms with Crippen LogP contribution in [-0.4, -0.2) is 69.9 Å². The number of methoxy groups -OCH3 is 1. The third-order valence-corrected chi connectivity index (χ3v) is 8.91. The minimum atomic E-state index is -0.953. The Balaban J connectivity index is 1.40. The van der Waals surface area contributed by atoms with E-state index in [1.807, 2.05) is 49.1 Å². The summed E-state index contributed by atoms with van der Waals surface area (Å²) in [7, 11) is 1.35. The van der Waals surface area contributed by atoms with Crippen molar-refractivity contribution in [2.45, 2.75) is 39.3 Å². The van der Waals surface area contributed by atoms with E-state index in [0.717, 1.165) is 5.56 Å². The van der Waals surface area contributed by atoms with Crippen molar-refractivity contribution in [2.75, 3.05) is 38.3 Å². The highest BCUT2D eigenvalue weighted by Gasteiger charge is 2.38. The zero-order chi connectivity index (χ0) is 34.4. The number of fused-ring (bicyclic) bond motifs is 2. The number of halogens is 2. The molecule has 252 valence electrons. The predicted octanol–water partition coefficient (Wildman–Crippen LogP) is 5.78. The molecule has 1 saturated heterocycles. The highest BCUT2D eigenvalue weighted by atomic mass is 19.1. The van der Waals surface area contributed by atoms with Crippen LogP contribution >= 0.6 is 0 Å². The highest BCUT2D eigenvalue weighted by molar-refractivity contribution is 5.98. The van der Waals surface area contributed by atoms with E-state index in [1.54, 1.807) is 24.1 Å². The first-order chi connectivity index (χ1) is 23.7. The van der Waals surface area contributed by atoms with Gasteiger partial charge >= 0.3 is 11.8 Å². The summed E-state index contributed by atoms with van der Waals surface area (Å²) in [5, 5.41) is 0.150. The lowest BCUT2D eigenvalue weighted by Gasteiger charge is -2.40. The van der Waals surface area contributed by atoms with Crippen LogP contribution in [0.15, 0.2) is 65.6 Å². The fourth-order valence-electron chi connectivity index (χ4n) is 6.54. The van der Waals surface area contributed by atoms with Gasteiger partial charge in [-0.1, -0.05) is 50.2 Å². The Morgan fingerprint density at radius 3 is 2.61 bits per heavy atom. The van der Waals surface area contributed by atoms with Gasteiger partial charge in [0.05, 0.1) is 30.1 Å². The number of nitrogens with zero attached hydrogens (tertiary/aromatic N) is 6. The Morgan fingerprint density at radius 2 is 1.86 bits per heavy atom. The van der Waals surface area contributed by atoms with Crippen molar-refractivity contribution in [3.8, 4) is 28.6 Å². The van der Waals surface area contributed by atoms with Crippen molar-refractivity contribution in [1.29, 1.82) is 0 Å². The summed E-state index contributed by atoms with van der Waals surface area (Å²) in [4.78, 5) is 44.3. The van der Waals surface area contributed by atoms with Crippen molar-refractivity contribution in [1.82, 2.24) is 24.4 Å². The third kappa shape index (κ3) is 5.58. The minimum Gasteiger partial charge on any atom is -0.496 e. The average Bonchev–Trinajstić information content (AvgIpc) is 3.25. The number of piperazine rings is 1. The van der Waals surface area contributed by atoms with E-state index in [0.29, 0.717) is 16.9 Å². The van der Waals surface area contributed by atoms with Gasteiger partial charge in [0.25, 0.3) is 0 Å². The molecule has 1 fully saturated rings. The van der Waals surface area contributed by atoms with E-state index in [1.165, 1.54) is 29.9 Å². The van der Waals surface area contributed by atoms with Gasteiger partial charge in [-0.15, -0.1) is 0 Å². The molecule has 5 aromatic rings. The Hall–Kier alpha value is -5.59. The first kappa shape index (κ1) is 32.0. The van der Waals surface area contributed by atoms with Gasteiger partial charge in [-0.2, -0.15) is 4.98 Å². The maximum absolute atomic E-state index is 17.3. The van der Waals surface area contributed by atoms with Crippen LogP contribution in [0.5, 0.6) is 11.6 Å². The largest absolute Gasteiger partial charge is 0.496 e. The maximum atomic E-state index is 17.3. The number of aromatic nitrogens is 4. The first-order valence-corrected chi connectivity index (χ1v) is 16.0. The summed E-state index contributed by atoms with van der Waals surface area (Å²) in [5.74, 6) is -1.68. The fourth-order valence-corrected chi connectivity index (χ4v) is 6.54. The Labute approximate surface area is 280 Å². The number of aryl methyl sites for hydroxylation is 1. The maximum Gasteiger partial charge on any atom is 0.410 e. The molecule has 2 aliphatic rings. The van der Waals surface area contributed by atoms with Crippen LogP contribution in [0.3, 0.4) is 0 Å². The Kier molecular flexibility index (Phi) is 8.35. The average molecular weight is 669 g/mol. The number of carbonyl (C=O) groups is 1. The number of hydrogen-bond acceptors (Lipinski definition) is 9. The lowest BCUT2D eigenvalue weighted by atomic mass is 10.0. The van der Waals surface area contributed by atoms with Crippen molar-refractivity contribution in [3.63, 3.8) is 0 Å². The zero-order valence-electron chi connectivity index (χ0n) is 27.4. The van der Waals surface area contributed by atoms with Crippen molar-refractivity contribution >= 4 is 22.8 Å². The summed E-state index contributed by atoms with van der Waals surface area (Å²) in [6, 6.07) is 14.7. The molecule has 11 nitrogen and oxygen atoms in total. The van der Waals surface area contributed by atoms with Crippen LogP contribution in [0.1, 0.15) is 36.6 Å².